The fourth-order valence-electron chi connectivity index (χ4n) is 1.20. The highest BCUT2D eigenvalue weighted by molar-refractivity contribution is 5.79. The van der Waals surface area contributed by atoms with Crippen molar-refractivity contribution in [2.24, 2.45) is 22.7 Å². The molecule has 0 aromatic rings. The molecule has 0 bridgehead atoms. The summed E-state index contributed by atoms with van der Waals surface area (Å²) in [7, 11) is 0. The van der Waals surface area contributed by atoms with Crippen molar-refractivity contribution in [2.75, 3.05) is 26.3 Å². The SMILES string of the molecule is CC(C)CN=C(NN)NCCOCC1CC1. The zero-order valence-corrected chi connectivity index (χ0v) is 10.3. The largest absolute Gasteiger partial charge is 0.379 e. The van der Waals surface area contributed by atoms with Crippen LogP contribution in [-0.4, -0.2) is 32.3 Å². The Balaban J connectivity index is 2.00. The number of aliphatic imine (C=N–C) groups is 1. The Bertz CT molecular complexity index is 214. The van der Waals surface area contributed by atoms with Gasteiger partial charge in [0.25, 0.3) is 0 Å². The predicted octanol–water partition coefficient (Wildman–Crippen LogP) is 0.478. The molecule has 0 atom stereocenters. The predicted molar refractivity (Wildman–Crippen MR) is 66.0 cm³/mol. The molecule has 0 aliphatic heterocycles. The van der Waals surface area contributed by atoms with Crippen LogP contribution in [-0.2, 0) is 4.74 Å². The van der Waals surface area contributed by atoms with Crippen LogP contribution < -0.4 is 16.6 Å². The highest BCUT2D eigenvalue weighted by atomic mass is 16.5. The van der Waals surface area contributed by atoms with Crippen LogP contribution in [0, 0.1) is 11.8 Å². The average Bonchev–Trinajstić information content (AvgIpc) is 3.05. The topological polar surface area (TPSA) is 71.7 Å². The van der Waals surface area contributed by atoms with E-state index in [0.717, 1.165) is 25.6 Å². The maximum absolute atomic E-state index is 5.49. The molecule has 5 nitrogen and oxygen atoms in total. The van der Waals surface area contributed by atoms with E-state index in [1.165, 1.54) is 12.8 Å². The smallest absolute Gasteiger partial charge is 0.205 e. The molecular weight excluding hydrogens is 204 g/mol. The standard InChI is InChI=1S/C11H24N4O/c1-9(2)7-14-11(15-12)13-5-6-16-8-10-3-4-10/h9-10H,3-8,12H2,1-2H3,(H2,13,14,15). The van der Waals surface area contributed by atoms with Gasteiger partial charge in [-0.25, -0.2) is 5.84 Å². The van der Waals surface area contributed by atoms with Crippen molar-refractivity contribution in [1.82, 2.24) is 10.7 Å². The van der Waals surface area contributed by atoms with Gasteiger partial charge in [0.05, 0.1) is 6.61 Å². The molecule has 1 aliphatic carbocycles. The first-order valence-electron chi connectivity index (χ1n) is 6.05. The summed E-state index contributed by atoms with van der Waals surface area (Å²) in [6.45, 7) is 7.37. The first-order valence-corrected chi connectivity index (χ1v) is 6.05. The van der Waals surface area contributed by atoms with Gasteiger partial charge < -0.3 is 10.1 Å². The normalized spacial score (nSPS) is 16.6. The van der Waals surface area contributed by atoms with Crippen molar-refractivity contribution in [3.05, 3.63) is 0 Å². The van der Waals surface area contributed by atoms with E-state index in [-0.39, 0.29) is 0 Å². The highest BCUT2D eigenvalue weighted by Gasteiger charge is 2.20. The first kappa shape index (κ1) is 13.3. The minimum Gasteiger partial charge on any atom is -0.379 e. The molecule has 1 fully saturated rings. The molecule has 1 aliphatic rings. The number of nitrogens with zero attached hydrogens (tertiary/aromatic N) is 1. The highest BCUT2D eigenvalue weighted by Crippen LogP contribution is 2.28. The number of nitrogens with one attached hydrogen (secondary N) is 2. The lowest BCUT2D eigenvalue weighted by Crippen LogP contribution is -2.43. The van der Waals surface area contributed by atoms with Crippen LogP contribution in [0.3, 0.4) is 0 Å². The number of hydrogen-bond donors (Lipinski definition) is 3. The second-order valence-corrected chi connectivity index (χ2v) is 4.67. The van der Waals surface area contributed by atoms with E-state index in [1.54, 1.807) is 0 Å². The number of nitrogens with two attached hydrogens (primary N) is 1. The monoisotopic (exact) mass is 228 g/mol. The van der Waals surface area contributed by atoms with Gasteiger partial charge >= 0.3 is 0 Å². The molecule has 0 heterocycles. The zero-order valence-electron chi connectivity index (χ0n) is 10.3. The second-order valence-electron chi connectivity index (χ2n) is 4.67. The Morgan fingerprint density at radius 1 is 1.50 bits per heavy atom. The molecule has 0 amide bonds. The maximum atomic E-state index is 5.49. The average molecular weight is 228 g/mol. The summed E-state index contributed by atoms with van der Waals surface area (Å²) < 4.78 is 5.49. The van der Waals surface area contributed by atoms with Gasteiger partial charge in [0.15, 0.2) is 0 Å². The number of hydrazine groups is 1. The van der Waals surface area contributed by atoms with Gasteiger partial charge in [-0.3, -0.25) is 10.4 Å². The van der Waals surface area contributed by atoms with E-state index in [0.29, 0.717) is 18.5 Å². The van der Waals surface area contributed by atoms with Crippen LogP contribution in [0.1, 0.15) is 26.7 Å². The zero-order chi connectivity index (χ0) is 11.8. The summed E-state index contributed by atoms with van der Waals surface area (Å²) in [6.07, 6.45) is 2.66. The van der Waals surface area contributed by atoms with Crippen LogP contribution in [0.2, 0.25) is 0 Å². The van der Waals surface area contributed by atoms with E-state index in [2.05, 4.69) is 29.6 Å². The molecule has 4 N–H and O–H groups in total. The Kier molecular flexibility index (Phi) is 6.18. The second kappa shape index (κ2) is 7.46. The summed E-state index contributed by atoms with van der Waals surface area (Å²) >= 11 is 0. The fraction of sp³-hybridized carbons (Fsp3) is 0.909. The Labute approximate surface area is 97.8 Å². The third-order valence-corrected chi connectivity index (χ3v) is 2.34. The summed E-state index contributed by atoms with van der Waals surface area (Å²) in [5.74, 6) is 7.35. The molecule has 94 valence electrons. The van der Waals surface area contributed by atoms with Gasteiger partial charge in [-0.1, -0.05) is 13.8 Å². The van der Waals surface area contributed by atoms with Crippen LogP contribution in [0.5, 0.6) is 0 Å². The lowest BCUT2D eigenvalue weighted by atomic mass is 10.2. The molecular formula is C11H24N4O. The minimum atomic E-state index is 0.538. The maximum Gasteiger partial charge on any atom is 0.205 e. The van der Waals surface area contributed by atoms with Gasteiger partial charge in [0.2, 0.25) is 5.96 Å². The molecule has 0 saturated heterocycles. The lowest BCUT2D eigenvalue weighted by Gasteiger charge is -2.10. The molecule has 0 spiro atoms. The number of rotatable bonds is 7. The summed E-state index contributed by atoms with van der Waals surface area (Å²) in [5, 5.41) is 3.11. The van der Waals surface area contributed by atoms with Gasteiger partial charge in [-0.05, 0) is 24.7 Å². The first-order chi connectivity index (χ1) is 7.72. The van der Waals surface area contributed by atoms with Crippen molar-refractivity contribution >= 4 is 5.96 Å². The van der Waals surface area contributed by atoms with Gasteiger partial charge in [-0.15, -0.1) is 0 Å². The van der Waals surface area contributed by atoms with E-state index in [9.17, 15) is 0 Å². The third kappa shape index (κ3) is 6.63. The molecule has 0 aromatic carbocycles. The van der Waals surface area contributed by atoms with E-state index in [1.807, 2.05) is 0 Å². The molecule has 5 heteroatoms. The third-order valence-electron chi connectivity index (χ3n) is 2.34. The van der Waals surface area contributed by atoms with E-state index < -0.39 is 0 Å². The van der Waals surface area contributed by atoms with Gasteiger partial charge in [0.1, 0.15) is 0 Å². The summed E-state index contributed by atoms with van der Waals surface area (Å²) in [6, 6.07) is 0. The van der Waals surface area contributed by atoms with Crippen molar-refractivity contribution in [1.29, 1.82) is 0 Å². The Hall–Kier alpha value is -0.810. The van der Waals surface area contributed by atoms with Crippen LogP contribution in [0.25, 0.3) is 0 Å². The lowest BCUT2D eigenvalue weighted by molar-refractivity contribution is 0.129. The minimum absolute atomic E-state index is 0.538. The van der Waals surface area contributed by atoms with Crippen molar-refractivity contribution in [3.8, 4) is 0 Å². The molecule has 0 aromatic heterocycles. The molecule has 16 heavy (non-hydrogen) atoms. The van der Waals surface area contributed by atoms with Crippen LogP contribution in [0.4, 0.5) is 0 Å². The van der Waals surface area contributed by atoms with E-state index >= 15 is 0 Å². The Morgan fingerprint density at radius 3 is 2.81 bits per heavy atom. The van der Waals surface area contributed by atoms with Gasteiger partial charge in [-0.2, -0.15) is 0 Å². The molecule has 1 saturated carbocycles. The number of guanidine groups is 1. The number of hydrogen-bond acceptors (Lipinski definition) is 3. The Morgan fingerprint density at radius 2 is 2.25 bits per heavy atom. The van der Waals surface area contributed by atoms with Gasteiger partial charge in [0, 0.05) is 19.7 Å². The van der Waals surface area contributed by atoms with Crippen LogP contribution in [0.15, 0.2) is 4.99 Å². The van der Waals surface area contributed by atoms with Crippen molar-refractivity contribution < 1.29 is 4.74 Å². The molecule has 1 rings (SSSR count). The number of ether oxygens (including phenoxy) is 1. The fourth-order valence-corrected chi connectivity index (χ4v) is 1.20. The van der Waals surface area contributed by atoms with E-state index in [4.69, 9.17) is 10.6 Å². The molecule has 0 unspecified atom stereocenters. The van der Waals surface area contributed by atoms with Crippen LogP contribution >= 0.6 is 0 Å². The summed E-state index contributed by atoms with van der Waals surface area (Å²) in [5.41, 5.74) is 2.55. The quantitative estimate of drug-likeness (QED) is 0.195. The molecule has 0 radical (unpaired) electrons. The van der Waals surface area contributed by atoms with Crippen molar-refractivity contribution in [3.63, 3.8) is 0 Å². The summed E-state index contributed by atoms with van der Waals surface area (Å²) in [4.78, 5) is 4.30. The van der Waals surface area contributed by atoms with Crippen molar-refractivity contribution in [2.45, 2.75) is 26.7 Å².